The maximum Gasteiger partial charge on any atom is 0.153 e. The van der Waals surface area contributed by atoms with Gasteiger partial charge in [0.15, 0.2) is 6.29 Å². The number of fused-ring (bicyclic) bond motifs is 1. The van der Waals surface area contributed by atoms with Crippen LogP contribution in [0.2, 0.25) is 10.0 Å². The van der Waals surface area contributed by atoms with E-state index in [4.69, 9.17) is 23.2 Å². The van der Waals surface area contributed by atoms with Gasteiger partial charge in [0, 0.05) is 11.6 Å². The van der Waals surface area contributed by atoms with Gasteiger partial charge < -0.3 is 0 Å². The standard InChI is InChI=1S/C10H5Cl2NO/c11-7-2-1-3-8-9(7)10(12)6(5-14)4-13-8/h1-5H. The number of hydrogen-bond acceptors (Lipinski definition) is 2. The summed E-state index contributed by atoms with van der Waals surface area (Å²) < 4.78 is 0. The molecule has 0 fully saturated rings. The first-order valence-corrected chi connectivity index (χ1v) is 4.67. The lowest BCUT2D eigenvalue weighted by Gasteiger charge is -2.03. The Hall–Kier alpha value is -1.12. The number of nitrogens with zero attached hydrogens (tertiary/aromatic N) is 1. The summed E-state index contributed by atoms with van der Waals surface area (Å²) in [5.41, 5.74) is 1.04. The first-order chi connectivity index (χ1) is 6.74. The Morgan fingerprint density at radius 1 is 1.29 bits per heavy atom. The summed E-state index contributed by atoms with van der Waals surface area (Å²) in [6.07, 6.45) is 2.10. The molecule has 0 saturated carbocycles. The number of aldehydes is 1. The highest BCUT2D eigenvalue weighted by molar-refractivity contribution is 6.43. The summed E-state index contributed by atoms with van der Waals surface area (Å²) >= 11 is 11.9. The van der Waals surface area contributed by atoms with Crippen molar-refractivity contribution in [2.75, 3.05) is 0 Å². The number of pyridine rings is 1. The predicted molar refractivity (Wildman–Crippen MR) is 57.2 cm³/mol. The van der Waals surface area contributed by atoms with Crippen molar-refractivity contribution in [3.8, 4) is 0 Å². The molecular formula is C10H5Cl2NO. The van der Waals surface area contributed by atoms with Gasteiger partial charge in [-0.25, -0.2) is 0 Å². The van der Waals surface area contributed by atoms with Crippen molar-refractivity contribution in [3.05, 3.63) is 40.0 Å². The minimum atomic E-state index is 0.354. The zero-order valence-corrected chi connectivity index (χ0v) is 8.51. The normalized spacial score (nSPS) is 10.4. The molecule has 1 aromatic heterocycles. The van der Waals surface area contributed by atoms with E-state index in [0.29, 0.717) is 32.8 Å². The van der Waals surface area contributed by atoms with E-state index in [1.54, 1.807) is 18.2 Å². The molecule has 0 atom stereocenters. The Balaban J connectivity index is 2.93. The molecule has 0 aliphatic heterocycles. The lowest BCUT2D eigenvalue weighted by Crippen LogP contribution is -1.88. The van der Waals surface area contributed by atoms with E-state index in [0.717, 1.165) is 0 Å². The molecule has 14 heavy (non-hydrogen) atoms. The molecule has 0 N–H and O–H groups in total. The van der Waals surface area contributed by atoms with Gasteiger partial charge in [-0.05, 0) is 12.1 Å². The molecule has 2 nitrogen and oxygen atoms in total. The Bertz CT molecular complexity index is 511. The van der Waals surface area contributed by atoms with Crippen LogP contribution in [0.5, 0.6) is 0 Å². The summed E-state index contributed by atoms with van der Waals surface area (Å²) in [6.45, 7) is 0. The molecule has 0 radical (unpaired) electrons. The smallest absolute Gasteiger partial charge is 0.153 e. The van der Waals surface area contributed by atoms with Gasteiger partial charge in [-0.15, -0.1) is 0 Å². The van der Waals surface area contributed by atoms with Crippen molar-refractivity contribution in [3.63, 3.8) is 0 Å². The van der Waals surface area contributed by atoms with Crippen molar-refractivity contribution in [1.82, 2.24) is 4.98 Å². The van der Waals surface area contributed by atoms with Crippen LogP contribution in [-0.4, -0.2) is 11.3 Å². The number of benzene rings is 1. The second kappa shape index (κ2) is 3.56. The summed E-state index contributed by atoms with van der Waals surface area (Å²) in [6, 6.07) is 5.29. The third-order valence-electron chi connectivity index (χ3n) is 1.93. The van der Waals surface area contributed by atoms with Crippen molar-refractivity contribution in [2.45, 2.75) is 0 Å². The van der Waals surface area contributed by atoms with Crippen LogP contribution in [0.1, 0.15) is 10.4 Å². The zero-order chi connectivity index (χ0) is 10.1. The number of carbonyl (C=O) groups excluding carboxylic acids is 1. The highest BCUT2D eigenvalue weighted by atomic mass is 35.5. The molecule has 0 aliphatic carbocycles. The molecule has 0 spiro atoms. The quantitative estimate of drug-likeness (QED) is 0.698. The van der Waals surface area contributed by atoms with Crippen LogP contribution in [0.15, 0.2) is 24.4 Å². The molecule has 2 aromatic rings. The van der Waals surface area contributed by atoms with Crippen molar-refractivity contribution < 1.29 is 4.79 Å². The lowest BCUT2D eigenvalue weighted by molar-refractivity contribution is 0.112. The number of rotatable bonds is 1. The first kappa shape index (κ1) is 9.44. The molecule has 2 rings (SSSR count). The molecule has 0 unspecified atom stereocenters. The van der Waals surface area contributed by atoms with E-state index in [1.165, 1.54) is 6.20 Å². The average Bonchev–Trinajstić information content (AvgIpc) is 2.18. The van der Waals surface area contributed by atoms with Crippen LogP contribution >= 0.6 is 23.2 Å². The lowest BCUT2D eigenvalue weighted by atomic mass is 10.2. The second-order valence-electron chi connectivity index (χ2n) is 2.78. The number of halogens is 2. The van der Waals surface area contributed by atoms with E-state index < -0.39 is 0 Å². The number of aromatic nitrogens is 1. The molecular weight excluding hydrogens is 221 g/mol. The monoisotopic (exact) mass is 225 g/mol. The van der Waals surface area contributed by atoms with E-state index in [-0.39, 0.29) is 0 Å². The average molecular weight is 226 g/mol. The van der Waals surface area contributed by atoms with Gasteiger partial charge in [0.1, 0.15) is 0 Å². The molecule has 0 amide bonds. The second-order valence-corrected chi connectivity index (χ2v) is 3.56. The van der Waals surface area contributed by atoms with E-state index >= 15 is 0 Å². The zero-order valence-electron chi connectivity index (χ0n) is 7.00. The number of hydrogen-bond donors (Lipinski definition) is 0. The molecule has 0 aliphatic rings. The van der Waals surface area contributed by atoms with Crippen molar-refractivity contribution >= 4 is 40.4 Å². The van der Waals surface area contributed by atoms with Gasteiger partial charge in [0.2, 0.25) is 0 Å². The van der Waals surface area contributed by atoms with Crippen LogP contribution in [0.25, 0.3) is 10.9 Å². The Labute approximate surface area is 90.5 Å². The molecule has 0 bridgehead atoms. The van der Waals surface area contributed by atoms with Crippen LogP contribution in [0.4, 0.5) is 0 Å². The van der Waals surface area contributed by atoms with E-state index in [1.807, 2.05) is 0 Å². The third kappa shape index (κ3) is 1.37. The molecule has 0 saturated heterocycles. The minimum Gasteiger partial charge on any atom is -0.298 e. The fourth-order valence-electron chi connectivity index (χ4n) is 1.26. The summed E-state index contributed by atoms with van der Waals surface area (Å²) in [5, 5.41) is 1.49. The van der Waals surface area contributed by atoms with Gasteiger partial charge in [-0.2, -0.15) is 0 Å². The van der Waals surface area contributed by atoms with Gasteiger partial charge in [-0.3, -0.25) is 9.78 Å². The maximum absolute atomic E-state index is 10.6. The van der Waals surface area contributed by atoms with Gasteiger partial charge in [-0.1, -0.05) is 29.3 Å². The molecule has 4 heteroatoms. The van der Waals surface area contributed by atoms with E-state index in [9.17, 15) is 4.79 Å². The van der Waals surface area contributed by atoms with Crippen molar-refractivity contribution in [1.29, 1.82) is 0 Å². The topological polar surface area (TPSA) is 30.0 Å². The summed E-state index contributed by atoms with van der Waals surface area (Å²) in [5.74, 6) is 0. The number of carbonyl (C=O) groups is 1. The third-order valence-corrected chi connectivity index (χ3v) is 2.66. The Morgan fingerprint density at radius 3 is 2.79 bits per heavy atom. The molecule has 1 heterocycles. The minimum absolute atomic E-state index is 0.354. The highest BCUT2D eigenvalue weighted by Gasteiger charge is 2.08. The van der Waals surface area contributed by atoms with Gasteiger partial charge in [0.25, 0.3) is 0 Å². The van der Waals surface area contributed by atoms with E-state index in [2.05, 4.69) is 4.98 Å². The molecule has 1 aromatic carbocycles. The highest BCUT2D eigenvalue weighted by Crippen LogP contribution is 2.30. The maximum atomic E-state index is 10.6. The van der Waals surface area contributed by atoms with Gasteiger partial charge >= 0.3 is 0 Å². The predicted octanol–water partition coefficient (Wildman–Crippen LogP) is 3.35. The largest absolute Gasteiger partial charge is 0.298 e. The SMILES string of the molecule is O=Cc1cnc2cccc(Cl)c2c1Cl. The Kier molecular flexibility index (Phi) is 2.40. The van der Waals surface area contributed by atoms with Crippen molar-refractivity contribution in [2.24, 2.45) is 0 Å². The Morgan fingerprint density at radius 2 is 2.07 bits per heavy atom. The summed E-state index contributed by atoms with van der Waals surface area (Å²) in [4.78, 5) is 14.7. The van der Waals surface area contributed by atoms with Gasteiger partial charge in [0.05, 0.1) is 21.1 Å². The van der Waals surface area contributed by atoms with Crippen LogP contribution < -0.4 is 0 Å². The van der Waals surface area contributed by atoms with Crippen LogP contribution in [0.3, 0.4) is 0 Å². The fraction of sp³-hybridized carbons (Fsp3) is 0. The first-order valence-electron chi connectivity index (χ1n) is 3.92. The van der Waals surface area contributed by atoms with Crippen LogP contribution in [0, 0.1) is 0 Å². The molecule has 70 valence electrons. The fourth-order valence-corrected chi connectivity index (χ4v) is 1.86. The summed E-state index contributed by atoms with van der Waals surface area (Å²) in [7, 11) is 0. The van der Waals surface area contributed by atoms with Crippen LogP contribution in [-0.2, 0) is 0 Å².